The van der Waals surface area contributed by atoms with Crippen LogP contribution in [0.1, 0.15) is 34.0 Å². The molecule has 160 valence electrons. The van der Waals surface area contributed by atoms with Gasteiger partial charge in [-0.2, -0.15) is 0 Å². The minimum absolute atomic E-state index is 0.326. The first-order valence-electron chi connectivity index (χ1n) is 9.92. The van der Waals surface area contributed by atoms with E-state index in [1.54, 1.807) is 6.08 Å². The Labute approximate surface area is 186 Å². The van der Waals surface area contributed by atoms with Crippen LogP contribution < -0.4 is 10.1 Å². The molecule has 0 saturated heterocycles. The molecule has 0 spiro atoms. The number of carbonyl (C=O) groups is 2. The summed E-state index contributed by atoms with van der Waals surface area (Å²) in [6.07, 6.45) is 3.15. The summed E-state index contributed by atoms with van der Waals surface area (Å²) in [6.45, 7) is 6.52. The molecule has 0 radical (unpaired) electrons. The molecule has 0 atom stereocenters. The zero-order valence-electron chi connectivity index (χ0n) is 18.0. The Morgan fingerprint density at radius 1 is 1.06 bits per heavy atom. The van der Waals surface area contributed by atoms with Gasteiger partial charge in [-0.3, -0.25) is 4.79 Å². The third-order valence-corrected chi connectivity index (χ3v) is 5.61. The minimum Gasteiger partial charge on any atom is -0.494 e. The van der Waals surface area contributed by atoms with E-state index in [9.17, 15) is 9.59 Å². The van der Waals surface area contributed by atoms with Crippen LogP contribution in [0.3, 0.4) is 0 Å². The second-order valence-corrected chi connectivity index (χ2v) is 7.87. The van der Waals surface area contributed by atoms with Gasteiger partial charge in [0.15, 0.2) is 0 Å². The fourth-order valence-electron chi connectivity index (χ4n) is 3.15. The monoisotopic (exact) mass is 435 g/mol. The Balaban J connectivity index is 1.84. The number of hydrogen-bond donors (Lipinski definition) is 1. The van der Waals surface area contributed by atoms with E-state index < -0.39 is 5.97 Å². The van der Waals surface area contributed by atoms with E-state index in [4.69, 9.17) is 9.47 Å². The molecule has 0 aliphatic heterocycles. The van der Waals surface area contributed by atoms with E-state index in [1.165, 1.54) is 24.5 Å². The SMILES string of the molecule is CCOc1ccc(/C=C/C(=O)Nc2scc(-c3cc(C)ccc3C)c2C(=O)OC)cc1. The Hall–Kier alpha value is -3.38. The lowest BCUT2D eigenvalue weighted by Crippen LogP contribution is -2.11. The van der Waals surface area contributed by atoms with Crippen molar-refractivity contribution in [1.82, 2.24) is 0 Å². The Morgan fingerprint density at radius 3 is 2.48 bits per heavy atom. The maximum atomic E-state index is 12.5. The van der Waals surface area contributed by atoms with Gasteiger partial charge in [-0.1, -0.05) is 35.9 Å². The molecule has 5 nitrogen and oxygen atoms in total. The van der Waals surface area contributed by atoms with Gasteiger partial charge < -0.3 is 14.8 Å². The zero-order valence-corrected chi connectivity index (χ0v) is 18.8. The zero-order chi connectivity index (χ0) is 22.4. The lowest BCUT2D eigenvalue weighted by Gasteiger charge is -2.09. The molecule has 0 saturated carbocycles. The third kappa shape index (κ3) is 5.41. The van der Waals surface area contributed by atoms with E-state index in [1.807, 2.05) is 68.6 Å². The van der Waals surface area contributed by atoms with Gasteiger partial charge in [-0.25, -0.2) is 4.79 Å². The summed E-state index contributed by atoms with van der Waals surface area (Å²) in [5.41, 5.74) is 5.07. The number of carbonyl (C=O) groups excluding carboxylic acids is 2. The third-order valence-electron chi connectivity index (χ3n) is 4.72. The first-order chi connectivity index (χ1) is 14.9. The van der Waals surface area contributed by atoms with Crippen molar-refractivity contribution in [2.24, 2.45) is 0 Å². The molecule has 1 heterocycles. The fraction of sp³-hybridized carbons (Fsp3) is 0.200. The van der Waals surface area contributed by atoms with Gasteiger partial charge in [0.25, 0.3) is 0 Å². The summed E-state index contributed by atoms with van der Waals surface area (Å²) in [5.74, 6) is -0.0271. The maximum Gasteiger partial charge on any atom is 0.341 e. The van der Waals surface area contributed by atoms with Crippen molar-refractivity contribution in [3.63, 3.8) is 0 Å². The topological polar surface area (TPSA) is 64.6 Å². The number of aryl methyl sites for hydroxylation is 2. The number of benzene rings is 2. The molecule has 6 heteroatoms. The molecule has 0 aliphatic rings. The number of esters is 1. The molecular formula is C25H25NO4S. The van der Waals surface area contributed by atoms with E-state index in [-0.39, 0.29) is 5.91 Å². The molecular weight excluding hydrogens is 410 g/mol. The van der Waals surface area contributed by atoms with Gasteiger partial charge in [0.1, 0.15) is 16.3 Å². The Bertz CT molecular complexity index is 1110. The van der Waals surface area contributed by atoms with Crippen molar-refractivity contribution in [2.75, 3.05) is 19.0 Å². The minimum atomic E-state index is -0.483. The van der Waals surface area contributed by atoms with Crippen molar-refractivity contribution in [3.8, 4) is 16.9 Å². The summed E-state index contributed by atoms with van der Waals surface area (Å²) in [5, 5.41) is 5.16. The predicted molar refractivity (Wildman–Crippen MR) is 126 cm³/mol. The Kier molecular flexibility index (Phi) is 7.26. The molecule has 0 fully saturated rings. The van der Waals surface area contributed by atoms with Gasteiger partial charge in [-0.15, -0.1) is 11.3 Å². The summed E-state index contributed by atoms with van der Waals surface area (Å²) in [4.78, 5) is 25.1. The van der Waals surface area contributed by atoms with Gasteiger partial charge in [0.05, 0.1) is 13.7 Å². The summed E-state index contributed by atoms with van der Waals surface area (Å²) in [6, 6.07) is 13.5. The molecule has 1 N–H and O–H groups in total. The van der Waals surface area contributed by atoms with Crippen LogP contribution in [0, 0.1) is 13.8 Å². The van der Waals surface area contributed by atoms with Crippen molar-refractivity contribution in [1.29, 1.82) is 0 Å². The highest BCUT2D eigenvalue weighted by atomic mass is 32.1. The van der Waals surface area contributed by atoms with Crippen LogP contribution in [0.15, 0.2) is 53.9 Å². The number of ether oxygens (including phenoxy) is 2. The number of methoxy groups -OCH3 is 1. The van der Waals surface area contributed by atoms with Crippen LogP contribution >= 0.6 is 11.3 Å². The lowest BCUT2D eigenvalue weighted by molar-refractivity contribution is -0.111. The van der Waals surface area contributed by atoms with Crippen molar-refractivity contribution in [2.45, 2.75) is 20.8 Å². The van der Waals surface area contributed by atoms with Crippen LogP contribution in [0.25, 0.3) is 17.2 Å². The summed E-state index contributed by atoms with van der Waals surface area (Å²) < 4.78 is 10.4. The average molecular weight is 436 g/mol. The highest BCUT2D eigenvalue weighted by Crippen LogP contribution is 2.38. The quantitative estimate of drug-likeness (QED) is 0.372. The van der Waals surface area contributed by atoms with E-state index in [0.717, 1.165) is 33.6 Å². The second kappa shape index (κ2) is 10.1. The normalized spacial score (nSPS) is 10.8. The van der Waals surface area contributed by atoms with Gasteiger partial charge in [0, 0.05) is 17.0 Å². The van der Waals surface area contributed by atoms with Crippen molar-refractivity contribution < 1.29 is 19.1 Å². The van der Waals surface area contributed by atoms with Gasteiger partial charge >= 0.3 is 5.97 Å². The fourth-order valence-corrected chi connectivity index (χ4v) is 4.10. The molecule has 1 amide bonds. The standard InChI is InChI=1S/C25H25NO4S/c1-5-30-19-11-8-18(9-12-19)10-13-22(27)26-24-23(25(28)29-4)21(15-31-24)20-14-16(2)6-7-17(20)3/h6-15H,5H2,1-4H3,(H,26,27)/b13-10+. The number of amides is 1. The van der Waals surface area contributed by atoms with E-state index >= 15 is 0 Å². The van der Waals surface area contributed by atoms with Crippen LogP contribution in [0.4, 0.5) is 5.00 Å². The first-order valence-corrected chi connectivity index (χ1v) is 10.8. The molecule has 0 aliphatic carbocycles. The number of nitrogens with one attached hydrogen (secondary N) is 1. The second-order valence-electron chi connectivity index (χ2n) is 6.99. The van der Waals surface area contributed by atoms with E-state index in [0.29, 0.717) is 17.2 Å². The van der Waals surface area contributed by atoms with Crippen molar-refractivity contribution in [3.05, 3.63) is 76.2 Å². The predicted octanol–water partition coefficient (Wildman–Crippen LogP) is 5.87. The van der Waals surface area contributed by atoms with Crippen LogP contribution in [0.5, 0.6) is 5.75 Å². The molecule has 1 aromatic heterocycles. The number of rotatable bonds is 7. The first kappa shape index (κ1) is 22.3. The highest BCUT2D eigenvalue weighted by Gasteiger charge is 2.22. The van der Waals surface area contributed by atoms with Gasteiger partial charge in [-0.05, 0) is 55.7 Å². The van der Waals surface area contributed by atoms with Crippen LogP contribution in [-0.4, -0.2) is 25.6 Å². The van der Waals surface area contributed by atoms with Crippen LogP contribution in [-0.2, 0) is 9.53 Å². The molecule has 3 rings (SSSR count). The number of anilines is 1. The highest BCUT2D eigenvalue weighted by molar-refractivity contribution is 7.15. The van der Waals surface area contributed by atoms with E-state index in [2.05, 4.69) is 5.32 Å². The average Bonchev–Trinajstić information content (AvgIpc) is 3.17. The molecule has 2 aromatic carbocycles. The number of hydrogen-bond acceptors (Lipinski definition) is 5. The molecule has 0 unspecified atom stereocenters. The number of thiophene rings is 1. The summed E-state index contributed by atoms with van der Waals surface area (Å²) >= 11 is 1.30. The maximum absolute atomic E-state index is 12.5. The Morgan fingerprint density at radius 2 is 1.81 bits per heavy atom. The molecule has 3 aromatic rings. The van der Waals surface area contributed by atoms with Crippen LogP contribution in [0.2, 0.25) is 0 Å². The lowest BCUT2D eigenvalue weighted by atomic mass is 9.97. The van der Waals surface area contributed by atoms with Crippen molar-refractivity contribution >= 4 is 34.3 Å². The molecule has 0 bridgehead atoms. The largest absolute Gasteiger partial charge is 0.494 e. The smallest absolute Gasteiger partial charge is 0.341 e. The van der Waals surface area contributed by atoms with Gasteiger partial charge in [0.2, 0.25) is 5.91 Å². The molecule has 31 heavy (non-hydrogen) atoms. The summed E-state index contributed by atoms with van der Waals surface area (Å²) in [7, 11) is 1.34.